The van der Waals surface area contributed by atoms with Crippen molar-refractivity contribution < 1.29 is 19.0 Å². The zero-order chi connectivity index (χ0) is 15.7. The standard InChI is InChI=1S/C15H30N2O4/c1-5-19-14(20-6-2)11-16-13-7-9-17(10-8-13)15(18)21-12(3)4/h12-14,16H,5-11H2,1-4H3. The number of ether oxygens (including phenoxy) is 3. The van der Waals surface area contributed by atoms with Gasteiger partial charge >= 0.3 is 6.09 Å². The quantitative estimate of drug-likeness (QED) is 0.695. The van der Waals surface area contributed by atoms with Crippen molar-refractivity contribution >= 4 is 6.09 Å². The summed E-state index contributed by atoms with van der Waals surface area (Å²) in [5, 5.41) is 3.46. The van der Waals surface area contributed by atoms with Gasteiger partial charge in [0.25, 0.3) is 0 Å². The van der Waals surface area contributed by atoms with Gasteiger partial charge < -0.3 is 24.4 Å². The highest BCUT2D eigenvalue weighted by Crippen LogP contribution is 2.12. The van der Waals surface area contributed by atoms with Crippen LogP contribution in [0, 0.1) is 0 Å². The zero-order valence-electron chi connectivity index (χ0n) is 13.8. The molecule has 1 amide bonds. The molecule has 0 saturated carbocycles. The molecule has 1 N–H and O–H groups in total. The molecular weight excluding hydrogens is 272 g/mol. The van der Waals surface area contributed by atoms with Crippen LogP contribution in [0.4, 0.5) is 4.79 Å². The summed E-state index contributed by atoms with van der Waals surface area (Å²) >= 11 is 0. The van der Waals surface area contributed by atoms with Crippen LogP contribution in [0.1, 0.15) is 40.5 Å². The molecule has 0 unspecified atom stereocenters. The summed E-state index contributed by atoms with van der Waals surface area (Å²) in [4.78, 5) is 13.6. The van der Waals surface area contributed by atoms with Gasteiger partial charge in [0.05, 0.1) is 6.10 Å². The second-order valence-electron chi connectivity index (χ2n) is 5.44. The maximum atomic E-state index is 11.8. The van der Waals surface area contributed by atoms with Crippen molar-refractivity contribution in [3.8, 4) is 0 Å². The van der Waals surface area contributed by atoms with E-state index in [0.717, 1.165) is 25.9 Å². The lowest BCUT2D eigenvalue weighted by molar-refractivity contribution is -0.134. The summed E-state index contributed by atoms with van der Waals surface area (Å²) in [6.45, 7) is 11.1. The lowest BCUT2D eigenvalue weighted by Gasteiger charge is -2.33. The highest BCUT2D eigenvalue weighted by molar-refractivity contribution is 5.67. The number of nitrogens with one attached hydrogen (secondary N) is 1. The number of rotatable bonds is 8. The lowest BCUT2D eigenvalue weighted by Crippen LogP contribution is -2.47. The van der Waals surface area contributed by atoms with Gasteiger partial charge in [-0.2, -0.15) is 0 Å². The van der Waals surface area contributed by atoms with Gasteiger partial charge in [0.1, 0.15) is 0 Å². The number of carbonyl (C=O) groups is 1. The molecule has 1 heterocycles. The van der Waals surface area contributed by atoms with Crippen LogP contribution >= 0.6 is 0 Å². The van der Waals surface area contributed by atoms with Crippen molar-refractivity contribution in [1.82, 2.24) is 10.2 Å². The minimum atomic E-state index is -0.204. The number of amides is 1. The first-order valence-electron chi connectivity index (χ1n) is 7.98. The molecular formula is C15H30N2O4. The van der Waals surface area contributed by atoms with E-state index in [-0.39, 0.29) is 18.5 Å². The molecule has 1 fully saturated rings. The third-order valence-corrected chi connectivity index (χ3v) is 3.37. The normalized spacial score (nSPS) is 16.8. The van der Waals surface area contributed by atoms with E-state index in [1.165, 1.54) is 0 Å². The van der Waals surface area contributed by atoms with E-state index in [2.05, 4.69) is 5.32 Å². The van der Waals surface area contributed by atoms with E-state index in [1.807, 2.05) is 27.7 Å². The topological polar surface area (TPSA) is 60.0 Å². The smallest absolute Gasteiger partial charge is 0.410 e. The third kappa shape index (κ3) is 7.11. The van der Waals surface area contributed by atoms with Crippen LogP contribution in [0.2, 0.25) is 0 Å². The predicted molar refractivity (Wildman–Crippen MR) is 81.3 cm³/mol. The fourth-order valence-corrected chi connectivity index (χ4v) is 2.34. The van der Waals surface area contributed by atoms with Gasteiger partial charge in [-0.25, -0.2) is 4.79 Å². The van der Waals surface area contributed by atoms with Crippen molar-refractivity contribution in [2.75, 3.05) is 32.8 Å². The van der Waals surface area contributed by atoms with E-state index < -0.39 is 0 Å². The van der Waals surface area contributed by atoms with Gasteiger partial charge in [-0.1, -0.05) is 0 Å². The molecule has 0 aromatic carbocycles. The number of nitrogens with zero attached hydrogens (tertiary/aromatic N) is 1. The largest absolute Gasteiger partial charge is 0.447 e. The molecule has 0 aromatic heterocycles. The Morgan fingerprint density at radius 3 is 2.24 bits per heavy atom. The molecule has 6 nitrogen and oxygen atoms in total. The van der Waals surface area contributed by atoms with E-state index in [4.69, 9.17) is 14.2 Å². The van der Waals surface area contributed by atoms with Crippen LogP contribution in [0.3, 0.4) is 0 Å². The fraction of sp³-hybridized carbons (Fsp3) is 0.933. The van der Waals surface area contributed by atoms with Crippen LogP contribution in [0.25, 0.3) is 0 Å². The summed E-state index contributed by atoms with van der Waals surface area (Å²) in [7, 11) is 0. The molecule has 1 saturated heterocycles. The van der Waals surface area contributed by atoms with Gasteiger partial charge in [0.15, 0.2) is 6.29 Å². The Balaban J connectivity index is 2.24. The molecule has 1 aliphatic heterocycles. The highest BCUT2D eigenvalue weighted by Gasteiger charge is 2.24. The molecule has 1 aliphatic rings. The minimum absolute atomic E-state index is 0.0634. The first kappa shape index (κ1) is 18.2. The first-order valence-corrected chi connectivity index (χ1v) is 7.98. The Hall–Kier alpha value is -0.850. The van der Waals surface area contributed by atoms with Gasteiger partial charge in [-0.05, 0) is 40.5 Å². The maximum absolute atomic E-state index is 11.8. The van der Waals surface area contributed by atoms with Crippen LogP contribution in [0.5, 0.6) is 0 Å². The summed E-state index contributed by atoms with van der Waals surface area (Å²) in [6.07, 6.45) is 1.40. The van der Waals surface area contributed by atoms with Crippen LogP contribution in [-0.4, -0.2) is 62.3 Å². The fourth-order valence-electron chi connectivity index (χ4n) is 2.34. The van der Waals surface area contributed by atoms with Crippen molar-refractivity contribution in [3.63, 3.8) is 0 Å². The van der Waals surface area contributed by atoms with E-state index >= 15 is 0 Å². The Morgan fingerprint density at radius 2 is 1.76 bits per heavy atom. The Bertz CT molecular complexity index is 285. The third-order valence-electron chi connectivity index (χ3n) is 3.37. The molecule has 0 aromatic rings. The maximum Gasteiger partial charge on any atom is 0.410 e. The van der Waals surface area contributed by atoms with Crippen LogP contribution in [0.15, 0.2) is 0 Å². The molecule has 124 valence electrons. The molecule has 6 heteroatoms. The molecule has 21 heavy (non-hydrogen) atoms. The van der Waals surface area contributed by atoms with Crippen LogP contribution < -0.4 is 5.32 Å². The van der Waals surface area contributed by atoms with Gasteiger partial charge in [-0.3, -0.25) is 0 Å². The number of likely N-dealkylation sites (tertiary alicyclic amines) is 1. The average molecular weight is 302 g/mol. The van der Waals surface area contributed by atoms with Crippen molar-refractivity contribution in [3.05, 3.63) is 0 Å². The molecule has 0 bridgehead atoms. The van der Waals surface area contributed by atoms with Gasteiger partial charge in [0.2, 0.25) is 0 Å². The van der Waals surface area contributed by atoms with Gasteiger partial charge in [0, 0.05) is 38.9 Å². The Morgan fingerprint density at radius 1 is 1.19 bits per heavy atom. The second-order valence-corrected chi connectivity index (χ2v) is 5.44. The summed E-state index contributed by atoms with van der Waals surface area (Å²) in [5.74, 6) is 0. The Kier molecular flexibility index (Phi) is 8.64. The summed E-state index contributed by atoms with van der Waals surface area (Å²) in [6, 6.07) is 0.400. The number of piperidine rings is 1. The van der Waals surface area contributed by atoms with E-state index in [0.29, 0.717) is 25.8 Å². The lowest BCUT2D eigenvalue weighted by atomic mass is 10.1. The average Bonchev–Trinajstić information content (AvgIpc) is 2.45. The summed E-state index contributed by atoms with van der Waals surface area (Å²) < 4.78 is 16.2. The van der Waals surface area contributed by atoms with Gasteiger partial charge in [-0.15, -0.1) is 0 Å². The van der Waals surface area contributed by atoms with Crippen LogP contribution in [-0.2, 0) is 14.2 Å². The number of hydrogen-bond acceptors (Lipinski definition) is 5. The minimum Gasteiger partial charge on any atom is -0.447 e. The molecule has 0 spiro atoms. The predicted octanol–water partition coefficient (Wildman–Crippen LogP) is 1.98. The molecule has 0 aliphatic carbocycles. The number of carbonyl (C=O) groups excluding carboxylic acids is 1. The SMILES string of the molecule is CCOC(CNC1CCN(C(=O)OC(C)C)CC1)OCC. The second kappa shape index (κ2) is 9.97. The molecule has 0 radical (unpaired) electrons. The monoisotopic (exact) mass is 302 g/mol. The van der Waals surface area contributed by atoms with E-state index in [9.17, 15) is 4.79 Å². The molecule has 0 atom stereocenters. The van der Waals surface area contributed by atoms with Crippen molar-refractivity contribution in [2.24, 2.45) is 0 Å². The molecule has 1 rings (SSSR count). The first-order chi connectivity index (χ1) is 10.1. The highest BCUT2D eigenvalue weighted by atomic mass is 16.7. The summed E-state index contributed by atoms with van der Waals surface area (Å²) in [5.41, 5.74) is 0. The van der Waals surface area contributed by atoms with E-state index in [1.54, 1.807) is 4.90 Å². The van der Waals surface area contributed by atoms with Crippen molar-refractivity contribution in [2.45, 2.75) is 59.0 Å². The zero-order valence-corrected chi connectivity index (χ0v) is 13.8. The number of hydrogen-bond donors (Lipinski definition) is 1. The Labute approximate surface area is 128 Å². The van der Waals surface area contributed by atoms with Crippen molar-refractivity contribution in [1.29, 1.82) is 0 Å².